The fraction of sp³-hybridized carbons (Fsp3) is 0.300. The Morgan fingerprint density at radius 2 is 2.38 bits per heavy atom. The third-order valence-corrected chi connectivity index (χ3v) is 2.34. The van der Waals surface area contributed by atoms with Crippen molar-refractivity contribution in [1.29, 1.82) is 5.26 Å². The van der Waals surface area contributed by atoms with E-state index >= 15 is 0 Å². The average molecular weight is 284 g/mol. The van der Waals surface area contributed by atoms with Crippen LogP contribution in [0.15, 0.2) is 21.5 Å². The van der Waals surface area contributed by atoms with E-state index in [0.29, 0.717) is 5.56 Å². The molecule has 0 aromatic carbocycles. The molecule has 0 aliphatic rings. The van der Waals surface area contributed by atoms with Crippen molar-refractivity contribution in [2.45, 2.75) is 13.5 Å². The van der Waals surface area contributed by atoms with Gasteiger partial charge in [0, 0.05) is 16.2 Å². The van der Waals surface area contributed by atoms with Gasteiger partial charge < -0.3 is 9.88 Å². The summed E-state index contributed by atoms with van der Waals surface area (Å²) in [6, 6.07) is 3.48. The van der Waals surface area contributed by atoms with Crippen molar-refractivity contribution >= 4 is 21.8 Å². The standard InChI is InChI=1S/C10H10BrN3O2/c1-7-4-8(11)5-14(10(7)16)6-9(15)13-3-2-12/h4-5H,3,6H2,1H3,(H,13,15). The maximum absolute atomic E-state index is 11.6. The molecule has 1 N–H and O–H groups in total. The summed E-state index contributed by atoms with van der Waals surface area (Å²) in [5.41, 5.74) is 0.345. The van der Waals surface area contributed by atoms with Crippen LogP contribution in [0.25, 0.3) is 0 Å². The minimum Gasteiger partial charge on any atom is -0.341 e. The van der Waals surface area contributed by atoms with Gasteiger partial charge in [0.05, 0.1) is 6.07 Å². The van der Waals surface area contributed by atoms with Crippen molar-refractivity contribution in [2.24, 2.45) is 0 Å². The van der Waals surface area contributed by atoms with Gasteiger partial charge in [-0.15, -0.1) is 0 Å². The topological polar surface area (TPSA) is 74.9 Å². The highest BCUT2D eigenvalue weighted by atomic mass is 79.9. The first-order valence-corrected chi connectivity index (χ1v) is 5.34. The van der Waals surface area contributed by atoms with Crippen LogP contribution >= 0.6 is 15.9 Å². The SMILES string of the molecule is Cc1cc(Br)cn(CC(=O)NCC#N)c1=O. The molecule has 0 unspecified atom stereocenters. The van der Waals surface area contributed by atoms with Crippen LogP contribution in [0.3, 0.4) is 0 Å². The Balaban J connectivity index is 2.86. The van der Waals surface area contributed by atoms with E-state index in [-0.39, 0.29) is 24.6 Å². The van der Waals surface area contributed by atoms with Crippen LogP contribution in [-0.4, -0.2) is 17.0 Å². The van der Waals surface area contributed by atoms with Crippen molar-refractivity contribution in [3.63, 3.8) is 0 Å². The summed E-state index contributed by atoms with van der Waals surface area (Å²) in [6.07, 6.45) is 1.54. The number of amides is 1. The first-order valence-electron chi connectivity index (χ1n) is 4.55. The summed E-state index contributed by atoms with van der Waals surface area (Å²) in [6.45, 7) is 1.54. The Hall–Kier alpha value is -1.61. The number of halogens is 1. The lowest BCUT2D eigenvalue weighted by Gasteiger charge is -2.06. The number of hydrogen-bond donors (Lipinski definition) is 1. The fourth-order valence-electron chi connectivity index (χ4n) is 1.21. The van der Waals surface area contributed by atoms with E-state index in [1.807, 2.05) is 0 Å². The number of aromatic nitrogens is 1. The van der Waals surface area contributed by atoms with Crippen LogP contribution in [0.2, 0.25) is 0 Å². The number of hydrogen-bond acceptors (Lipinski definition) is 3. The molecule has 1 amide bonds. The Morgan fingerprint density at radius 3 is 3.00 bits per heavy atom. The number of nitrogens with one attached hydrogen (secondary N) is 1. The van der Waals surface area contributed by atoms with E-state index in [0.717, 1.165) is 4.47 Å². The van der Waals surface area contributed by atoms with Crippen molar-refractivity contribution in [3.05, 3.63) is 32.7 Å². The number of aryl methyl sites for hydroxylation is 1. The molecule has 0 aliphatic carbocycles. The lowest BCUT2D eigenvalue weighted by Crippen LogP contribution is -2.32. The van der Waals surface area contributed by atoms with Crippen LogP contribution < -0.4 is 10.9 Å². The third-order valence-electron chi connectivity index (χ3n) is 1.91. The molecular formula is C10H10BrN3O2. The zero-order valence-electron chi connectivity index (χ0n) is 8.66. The van der Waals surface area contributed by atoms with Crippen LogP contribution in [0.5, 0.6) is 0 Å². The quantitative estimate of drug-likeness (QED) is 0.824. The first-order chi connectivity index (χ1) is 7.54. The smallest absolute Gasteiger partial charge is 0.253 e. The second-order valence-corrected chi connectivity index (χ2v) is 4.12. The molecule has 0 radical (unpaired) electrons. The second kappa shape index (κ2) is 5.47. The van der Waals surface area contributed by atoms with E-state index in [1.165, 1.54) is 4.57 Å². The van der Waals surface area contributed by atoms with Crippen molar-refractivity contribution in [1.82, 2.24) is 9.88 Å². The highest BCUT2D eigenvalue weighted by Gasteiger charge is 2.06. The van der Waals surface area contributed by atoms with Crippen molar-refractivity contribution < 1.29 is 4.79 Å². The Morgan fingerprint density at radius 1 is 1.69 bits per heavy atom. The fourth-order valence-corrected chi connectivity index (χ4v) is 1.80. The molecule has 1 aromatic heterocycles. The molecule has 0 saturated heterocycles. The molecule has 0 fully saturated rings. The van der Waals surface area contributed by atoms with Gasteiger partial charge in [0.2, 0.25) is 5.91 Å². The molecule has 84 valence electrons. The number of rotatable bonds is 3. The third kappa shape index (κ3) is 3.21. The summed E-state index contributed by atoms with van der Waals surface area (Å²) >= 11 is 3.25. The molecular weight excluding hydrogens is 274 g/mol. The highest BCUT2D eigenvalue weighted by molar-refractivity contribution is 9.10. The lowest BCUT2D eigenvalue weighted by molar-refractivity contribution is -0.121. The summed E-state index contributed by atoms with van der Waals surface area (Å²) in [7, 11) is 0. The predicted octanol–water partition coefficient (Wildman–Crippen LogP) is 0.559. The van der Waals surface area contributed by atoms with E-state index < -0.39 is 0 Å². The van der Waals surface area contributed by atoms with Gasteiger partial charge in [-0.1, -0.05) is 0 Å². The van der Waals surface area contributed by atoms with E-state index in [2.05, 4.69) is 21.2 Å². The maximum atomic E-state index is 11.6. The van der Waals surface area contributed by atoms with E-state index in [4.69, 9.17) is 5.26 Å². The van der Waals surface area contributed by atoms with Crippen molar-refractivity contribution in [2.75, 3.05) is 6.54 Å². The predicted molar refractivity (Wildman–Crippen MR) is 61.8 cm³/mol. The van der Waals surface area contributed by atoms with Crippen LogP contribution in [0.4, 0.5) is 0 Å². The number of carbonyl (C=O) groups excluding carboxylic acids is 1. The number of nitrogens with zero attached hydrogens (tertiary/aromatic N) is 2. The molecule has 0 bridgehead atoms. The molecule has 6 heteroatoms. The van der Waals surface area contributed by atoms with Crippen LogP contribution in [-0.2, 0) is 11.3 Å². The van der Waals surface area contributed by atoms with Gasteiger partial charge in [-0.3, -0.25) is 9.59 Å². The minimum atomic E-state index is -0.360. The maximum Gasteiger partial charge on any atom is 0.253 e. The Labute approximate surface area is 101 Å². The van der Waals surface area contributed by atoms with Gasteiger partial charge in [-0.25, -0.2) is 0 Å². The second-order valence-electron chi connectivity index (χ2n) is 3.21. The average Bonchev–Trinajstić information content (AvgIpc) is 2.22. The molecule has 5 nitrogen and oxygen atoms in total. The first kappa shape index (κ1) is 12.5. The monoisotopic (exact) mass is 283 g/mol. The van der Waals surface area contributed by atoms with Gasteiger partial charge in [0.15, 0.2) is 0 Å². The van der Waals surface area contributed by atoms with Gasteiger partial charge in [-0.2, -0.15) is 5.26 Å². The lowest BCUT2D eigenvalue weighted by atomic mass is 10.3. The zero-order chi connectivity index (χ0) is 12.1. The molecule has 1 rings (SSSR count). The Kier molecular flexibility index (Phi) is 4.26. The van der Waals surface area contributed by atoms with Gasteiger partial charge in [-0.05, 0) is 28.9 Å². The molecule has 1 aromatic rings. The molecule has 0 atom stereocenters. The van der Waals surface area contributed by atoms with Crippen molar-refractivity contribution in [3.8, 4) is 6.07 Å². The minimum absolute atomic E-state index is 0.0550. The number of carbonyl (C=O) groups is 1. The van der Waals surface area contributed by atoms with Gasteiger partial charge in [0.1, 0.15) is 13.1 Å². The summed E-state index contributed by atoms with van der Waals surface area (Å²) in [4.78, 5) is 22.9. The molecule has 1 heterocycles. The Bertz CT molecular complexity index is 502. The molecule has 0 aliphatic heterocycles. The van der Waals surface area contributed by atoms with Gasteiger partial charge >= 0.3 is 0 Å². The van der Waals surface area contributed by atoms with E-state index in [1.54, 1.807) is 25.3 Å². The highest BCUT2D eigenvalue weighted by Crippen LogP contribution is 2.07. The molecule has 0 saturated carbocycles. The summed E-state index contributed by atoms with van der Waals surface area (Å²) < 4.78 is 2.03. The summed E-state index contributed by atoms with van der Waals surface area (Å²) in [5.74, 6) is -0.360. The number of nitriles is 1. The molecule has 16 heavy (non-hydrogen) atoms. The normalized spacial score (nSPS) is 9.56. The summed E-state index contributed by atoms with van der Waals surface area (Å²) in [5, 5.41) is 10.7. The largest absolute Gasteiger partial charge is 0.341 e. The van der Waals surface area contributed by atoms with E-state index in [9.17, 15) is 9.59 Å². The number of pyridine rings is 1. The van der Waals surface area contributed by atoms with Gasteiger partial charge in [0.25, 0.3) is 5.56 Å². The zero-order valence-corrected chi connectivity index (χ0v) is 10.2. The molecule has 0 spiro atoms. The van der Waals surface area contributed by atoms with Crippen LogP contribution in [0.1, 0.15) is 5.56 Å². The van der Waals surface area contributed by atoms with Crippen LogP contribution in [0, 0.1) is 18.3 Å².